The molecule has 4 rings (SSSR count). The second-order valence-corrected chi connectivity index (χ2v) is 7.51. The van der Waals surface area contributed by atoms with Crippen molar-refractivity contribution in [2.24, 2.45) is 0 Å². The Hall–Kier alpha value is -3.08. The number of hydrogen-bond acceptors (Lipinski definition) is 5. The average Bonchev–Trinajstić information content (AvgIpc) is 3.10. The molecule has 2 aromatic heterocycles. The summed E-state index contributed by atoms with van der Waals surface area (Å²) in [5.41, 5.74) is 3.79. The van der Waals surface area contributed by atoms with Gasteiger partial charge in [-0.25, -0.2) is 0 Å². The van der Waals surface area contributed by atoms with Gasteiger partial charge < -0.3 is 5.32 Å². The van der Waals surface area contributed by atoms with Crippen LogP contribution >= 0.6 is 23.4 Å². The Morgan fingerprint density at radius 1 is 1.25 bits per heavy atom. The Balaban J connectivity index is 1.54. The van der Waals surface area contributed by atoms with Crippen LogP contribution in [0.2, 0.25) is 5.02 Å². The van der Waals surface area contributed by atoms with Crippen LogP contribution in [0.15, 0.2) is 53.7 Å². The lowest BCUT2D eigenvalue weighted by atomic mass is 10.1. The van der Waals surface area contributed by atoms with Crippen molar-refractivity contribution >= 4 is 51.5 Å². The van der Waals surface area contributed by atoms with E-state index in [2.05, 4.69) is 21.6 Å². The molecule has 2 aromatic carbocycles. The van der Waals surface area contributed by atoms with E-state index in [1.807, 2.05) is 41.7 Å². The summed E-state index contributed by atoms with van der Waals surface area (Å²) >= 11 is 7.31. The Bertz CT molecular complexity index is 1260. The molecule has 1 N–H and O–H groups in total. The van der Waals surface area contributed by atoms with Gasteiger partial charge in [0.05, 0.1) is 21.9 Å². The van der Waals surface area contributed by atoms with Crippen LogP contribution in [0.25, 0.3) is 16.6 Å². The molecular weight excluding hydrogens is 394 g/mol. The van der Waals surface area contributed by atoms with Crippen molar-refractivity contribution in [1.29, 1.82) is 5.26 Å². The van der Waals surface area contributed by atoms with Crippen LogP contribution in [-0.4, -0.2) is 26.3 Å². The highest BCUT2D eigenvalue weighted by Gasteiger charge is 2.13. The number of carbonyl (C=O) groups is 1. The molecule has 8 heteroatoms. The summed E-state index contributed by atoms with van der Waals surface area (Å²) in [6, 6.07) is 16.8. The molecule has 0 spiro atoms. The molecular formula is C20H14ClN5OS. The molecule has 0 unspecified atom stereocenters. The van der Waals surface area contributed by atoms with Gasteiger partial charge in [-0.3, -0.25) is 9.20 Å². The van der Waals surface area contributed by atoms with Gasteiger partial charge in [-0.2, -0.15) is 5.26 Å². The van der Waals surface area contributed by atoms with E-state index in [-0.39, 0.29) is 11.7 Å². The van der Waals surface area contributed by atoms with Crippen molar-refractivity contribution in [1.82, 2.24) is 14.6 Å². The van der Waals surface area contributed by atoms with Crippen LogP contribution in [-0.2, 0) is 4.79 Å². The predicted octanol–water partition coefficient (Wildman–Crippen LogP) is 4.45. The van der Waals surface area contributed by atoms with Gasteiger partial charge in [0.2, 0.25) is 5.91 Å². The smallest absolute Gasteiger partial charge is 0.234 e. The molecule has 0 saturated carbocycles. The van der Waals surface area contributed by atoms with E-state index in [9.17, 15) is 4.79 Å². The van der Waals surface area contributed by atoms with E-state index >= 15 is 0 Å². The molecule has 0 atom stereocenters. The molecule has 0 fully saturated rings. The Morgan fingerprint density at radius 3 is 2.86 bits per heavy atom. The molecule has 2 heterocycles. The zero-order chi connectivity index (χ0) is 19.7. The summed E-state index contributed by atoms with van der Waals surface area (Å²) in [5, 5.41) is 22.2. The minimum Gasteiger partial charge on any atom is -0.325 e. The molecule has 0 saturated heterocycles. The van der Waals surface area contributed by atoms with Gasteiger partial charge in [0.1, 0.15) is 6.07 Å². The zero-order valence-electron chi connectivity index (χ0n) is 14.8. The highest BCUT2D eigenvalue weighted by Crippen LogP contribution is 2.26. The van der Waals surface area contributed by atoms with E-state index in [0.29, 0.717) is 21.4 Å². The molecule has 0 aliphatic carbocycles. The number of nitrogens with one attached hydrogen (secondary N) is 1. The predicted molar refractivity (Wildman–Crippen MR) is 111 cm³/mol. The van der Waals surface area contributed by atoms with Crippen LogP contribution in [0.3, 0.4) is 0 Å². The highest BCUT2D eigenvalue weighted by molar-refractivity contribution is 7.99. The topological polar surface area (TPSA) is 83.1 Å². The van der Waals surface area contributed by atoms with E-state index < -0.39 is 0 Å². The Kier molecular flexibility index (Phi) is 4.90. The number of hydrogen-bond donors (Lipinski definition) is 1. The number of fused-ring (bicyclic) bond motifs is 3. The number of nitrogens with zero attached hydrogens (tertiary/aromatic N) is 4. The van der Waals surface area contributed by atoms with Crippen LogP contribution in [0.5, 0.6) is 0 Å². The standard InChI is InChI=1S/C20H14ClN5OS/c1-12-8-18-24-25-20(26(18)17-5-3-2-4-15(12)17)28-11-19(27)23-14-7-6-13(10-22)16(21)9-14/h2-9H,11H2,1H3,(H,23,27). The monoisotopic (exact) mass is 407 g/mol. The number of aromatic nitrogens is 3. The van der Waals surface area contributed by atoms with Gasteiger partial charge in [-0.1, -0.05) is 41.6 Å². The maximum atomic E-state index is 12.3. The first kappa shape index (κ1) is 18.3. The average molecular weight is 408 g/mol. The molecule has 0 bridgehead atoms. The number of carbonyl (C=O) groups excluding carboxylic acids is 1. The van der Waals surface area contributed by atoms with Gasteiger partial charge >= 0.3 is 0 Å². The summed E-state index contributed by atoms with van der Waals surface area (Å²) < 4.78 is 1.96. The fourth-order valence-corrected chi connectivity index (χ4v) is 3.95. The van der Waals surface area contributed by atoms with E-state index in [0.717, 1.165) is 22.1 Å². The lowest BCUT2D eigenvalue weighted by Crippen LogP contribution is -2.14. The fourth-order valence-electron chi connectivity index (χ4n) is 2.98. The number of rotatable bonds is 4. The minimum absolute atomic E-state index is 0.167. The number of pyridine rings is 1. The third-order valence-corrected chi connectivity index (χ3v) is 5.52. The molecule has 28 heavy (non-hydrogen) atoms. The number of para-hydroxylation sites is 1. The van der Waals surface area contributed by atoms with Gasteiger partial charge in [0.25, 0.3) is 0 Å². The zero-order valence-corrected chi connectivity index (χ0v) is 16.4. The van der Waals surface area contributed by atoms with Crippen molar-refractivity contribution < 1.29 is 4.79 Å². The number of halogens is 1. The second kappa shape index (κ2) is 7.50. The summed E-state index contributed by atoms with van der Waals surface area (Å²) in [6.07, 6.45) is 0. The number of anilines is 1. The second-order valence-electron chi connectivity index (χ2n) is 6.16. The summed E-state index contributed by atoms with van der Waals surface area (Å²) in [7, 11) is 0. The maximum Gasteiger partial charge on any atom is 0.234 e. The summed E-state index contributed by atoms with van der Waals surface area (Å²) in [4.78, 5) is 12.3. The number of nitriles is 1. The summed E-state index contributed by atoms with van der Waals surface area (Å²) in [6.45, 7) is 2.04. The van der Waals surface area contributed by atoms with Gasteiger partial charge in [0.15, 0.2) is 10.8 Å². The Morgan fingerprint density at radius 2 is 2.07 bits per heavy atom. The van der Waals surface area contributed by atoms with E-state index in [1.165, 1.54) is 11.8 Å². The van der Waals surface area contributed by atoms with Crippen LogP contribution in [0.4, 0.5) is 5.69 Å². The SMILES string of the molecule is Cc1cc2nnc(SCC(=O)Nc3ccc(C#N)c(Cl)c3)n2c2ccccc12. The van der Waals surface area contributed by atoms with Crippen molar-refractivity contribution in [2.45, 2.75) is 12.1 Å². The number of amides is 1. The van der Waals surface area contributed by atoms with Crippen molar-refractivity contribution in [3.05, 3.63) is 64.7 Å². The van der Waals surface area contributed by atoms with Gasteiger partial charge in [0, 0.05) is 11.1 Å². The highest BCUT2D eigenvalue weighted by atomic mass is 35.5. The quantitative estimate of drug-likeness (QED) is 0.505. The lowest BCUT2D eigenvalue weighted by molar-refractivity contribution is -0.113. The number of thioether (sulfide) groups is 1. The first-order valence-corrected chi connectivity index (χ1v) is 9.79. The summed E-state index contributed by atoms with van der Waals surface area (Å²) in [5.74, 6) is -0.0281. The molecule has 6 nitrogen and oxygen atoms in total. The molecule has 0 aliphatic rings. The molecule has 1 amide bonds. The first-order chi connectivity index (χ1) is 13.6. The molecule has 0 aliphatic heterocycles. The molecule has 0 radical (unpaired) electrons. The first-order valence-electron chi connectivity index (χ1n) is 8.42. The van der Waals surface area contributed by atoms with Crippen LogP contribution < -0.4 is 5.32 Å². The third-order valence-electron chi connectivity index (χ3n) is 4.28. The van der Waals surface area contributed by atoms with E-state index in [4.69, 9.17) is 16.9 Å². The largest absolute Gasteiger partial charge is 0.325 e. The normalized spacial score (nSPS) is 10.9. The number of benzene rings is 2. The molecule has 4 aromatic rings. The van der Waals surface area contributed by atoms with Crippen LogP contribution in [0.1, 0.15) is 11.1 Å². The van der Waals surface area contributed by atoms with E-state index in [1.54, 1.807) is 18.2 Å². The van der Waals surface area contributed by atoms with Crippen molar-refractivity contribution in [3.63, 3.8) is 0 Å². The Labute approximate surface area is 170 Å². The maximum absolute atomic E-state index is 12.3. The lowest BCUT2D eigenvalue weighted by Gasteiger charge is -2.08. The van der Waals surface area contributed by atoms with Gasteiger partial charge in [-0.05, 0) is 42.8 Å². The van der Waals surface area contributed by atoms with Crippen LogP contribution in [0, 0.1) is 18.3 Å². The fraction of sp³-hybridized carbons (Fsp3) is 0.100. The molecule has 138 valence electrons. The van der Waals surface area contributed by atoms with Crippen molar-refractivity contribution in [3.8, 4) is 6.07 Å². The third kappa shape index (κ3) is 3.40. The minimum atomic E-state index is -0.195. The van der Waals surface area contributed by atoms with Gasteiger partial charge in [-0.15, -0.1) is 10.2 Å². The number of aryl methyl sites for hydroxylation is 1. The van der Waals surface area contributed by atoms with Crippen molar-refractivity contribution in [2.75, 3.05) is 11.1 Å².